The molecule has 1 saturated carbocycles. The molecule has 0 spiro atoms. The van der Waals surface area contributed by atoms with Gasteiger partial charge in [-0.3, -0.25) is 4.79 Å². The van der Waals surface area contributed by atoms with Gasteiger partial charge in [0.05, 0.1) is 5.56 Å². The first-order valence-corrected chi connectivity index (χ1v) is 7.42. The monoisotopic (exact) mass is 285 g/mol. The summed E-state index contributed by atoms with van der Waals surface area (Å²) >= 11 is 1.78. The number of H-pyrrole nitrogens is 1. The molecule has 1 aliphatic rings. The molecule has 1 fully saturated rings. The smallest absolute Gasteiger partial charge is 0.267 e. The number of rotatable bonds is 4. The molecule has 0 bridgehead atoms. The Hall–Kier alpha value is -2.06. The van der Waals surface area contributed by atoms with Crippen LogP contribution in [0.3, 0.4) is 0 Å². The predicted molar refractivity (Wildman–Crippen MR) is 77.6 cm³/mol. The van der Waals surface area contributed by atoms with E-state index in [9.17, 15) is 4.79 Å². The number of aromatic amines is 1. The van der Waals surface area contributed by atoms with Crippen molar-refractivity contribution in [3.8, 4) is 6.07 Å². The molecule has 0 saturated heterocycles. The summed E-state index contributed by atoms with van der Waals surface area (Å²) in [6, 6.07) is 7.81. The predicted octanol–water partition coefficient (Wildman–Crippen LogP) is 2.66. The molecule has 2 N–H and O–H groups in total. The van der Waals surface area contributed by atoms with Crippen molar-refractivity contribution >= 4 is 17.2 Å². The molecule has 0 unspecified atom stereocenters. The summed E-state index contributed by atoms with van der Waals surface area (Å²) < 4.78 is 0. The fourth-order valence-electron chi connectivity index (χ4n) is 2.56. The van der Waals surface area contributed by atoms with Crippen molar-refractivity contribution in [1.82, 2.24) is 10.3 Å². The highest BCUT2D eigenvalue weighted by molar-refractivity contribution is 7.10. The van der Waals surface area contributed by atoms with E-state index in [-0.39, 0.29) is 11.3 Å². The number of nitriles is 1. The minimum atomic E-state index is -0.146. The second-order valence-electron chi connectivity index (χ2n) is 5.42. The number of carbonyl (C=O) groups is 1. The SMILES string of the molecule is C[C@@]1(c2cccs2)C[C@H]1CNC(=O)c1cc(C#N)c[nH]1. The molecule has 20 heavy (non-hydrogen) atoms. The third kappa shape index (κ3) is 2.23. The van der Waals surface area contributed by atoms with Gasteiger partial charge in [-0.1, -0.05) is 13.0 Å². The van der Waals surface area contributed by atoms with Crippen LogP contribution in [0.4, 0.5) is 0 Å². The Balaban J connectivity index is 1.56. The van der Waals surface area contributed by atoms with Crippen LogP contribution in [0, 0.1) is 17.2 Å². The first-order valence-electron chi connectivity index (χ1n) is 6.54. The molecule has 2 atom stereocenters. The summed E-state index contributed by atoms with van der Waals surface area (Å²) in [7, 11) is 0. The van der Waals surface area contributed by atoms with Crippen LogP contribution in [0.25, 0.3) is 0 Å². The molecule has 1 amide bonds. The summed E-state index contributed by atoms with van der Waals surface area (Å²) in [5.74, 6) is 0.349. The Morgan fingerprint density at radius 3 is 3.20 bits per heavy atom. The van der Waals surface area contributed by atoms with Gasteiger partial charge in [0, 0.05) is 23.0 Å². The second-order valence-corrected chi connectivity index (χ2v) is 6.37. The lowest BCUT2D eigenvalue weighted by molar-refractivity contribution is 0.0946. The van der Waals surface area contributed by atoms with Gasteiger partial charge in [-0.25, -0.2) is 0 Å². The summed E-state index contributed by atoms with van der Waals surface area (Å²) in [5, 5.41) is 13.8. The number of nitrogens with zero attached hydrogens (tertiary/aromatic N) is 1. The van der Waals surface area contributed by atoms with Crippen molar-refractivity contribution in [2.24, 2.45) is 5.92 Å². The maximum Gasteiger partial charge on any atom is 0.267 e. The Morgan fingerprint density at radius 1 is 1.70 bits per heavy atom. The van der Waals surface area contributed by atoms with E-state index in [1.54, 1.807) is 23.6 Å². The quantitative estimate of drug-likeness (QED) is 0.906. The Morgan fingerprint density at radius 2 is 2.55 bits per heavy atom. The molecule has 4 nitrogen and oxygen atoms in total. The fourth-order valence-corrected chi connectivity index (χ4v) is 3.54. The summed E-state index contributed by atoms with van der Waals surface area (Å²) in [5.41, 5.74) is 1.14. The van der Waals surface area contributed by atoms with Crippen LogP contribution in [0.5, 0.6) is 0 Å². The third-order valence-electron chi connectivity index (χ3n) is 4.06. The number of nitrogens with one attached hydrogen (secondary N) is 2. The van der Waals surface area contributed by atoms with E-state index < -0.39 is 0 Å². The van der Waals surface area contributed by atoms with E-state index in [1.807, 2.05) is 6.07 Å². The zero-order valence-corrected chi connectivity index (χ0v) is 12.0. The van der Waals surface area contributed by atoms with Crippen LogP contribution >= 0.6 is 11.3 Å². The van der Waals surface area contributed by atoms with Gasteiger partial charge in [0.1, 0.15) is 11.8 Å². The normalized spacial score (nSPS) is 24.1. The van der Waals surface area contributed by atoms with E-state index in [0.29, 0.717) is 23.7 Å². The van der Waals surface area contributed by atoms with E-state index in [4.69, 9.17) is 5.26 Å². The first-order chi connectivity index (χ1) is 9.63. The molecule has 3 rings (SSSR count). The van der Waals surface area contributed by atoms with Crippen LogP contribution < -0.4 is 5.32 Å². The number of thiophene rings is 1. The molecule has 102 valence electrons. The molecule has 5 heteroatoms. The van der Waals surface area contributed by atoms with Crippen molar-refractivity contribution in [2.45, 2.75) is 18.8 Å². The highest BCUT2D eigenvalue weighted by Crippen LogP contribution is 2.54. The summed E-state index contributed by atoms with van der Waals surface area (Å²) in [6.45, 7) is 2.92. The van der Waals surface area contributed by atoms with E-state index in [2.05, 4.69) is 34.7 Å². The molecule has 2 aromatic rings. The molecule has 0 aliphatic heterocycles. The highest BCUT2D eigenvalue weighted by Gasteiger charge is 2.51. The minimum absolute atomic E-state index is 0.146. The van der Waals surface area contributed by atoms with Gasteiger partial charge in [-0.05, 0) is 29.9 Å². The molecule has 1 aliphatic carbocycles. The Kier molecular flexibility index (Phi) is 3.11. The zero-order valence-electron chi connectivity index (χ0n) is 11.1. The minimum Gasteiger partial charge on any atom is -0.356 e. The zero-order chi connectivity index (χ0) is 14.2. The molecule has 0 radical (unpaired) electrons. The standard InChI is InChI=1S/C15H15N3OS/c1-15(13-3-2-4-20-13)6-11(15)9-18-14(19)12-5-10(7-16)8-17-12/h2-5,8,11,17H,6,9H2,1H3,(H,18,19)/t11-,15+/m0/s1. The van der Waals surface area contributed by atoms with Gasteiger partial charge in [0.15, 0.2) is 0 Å². The van der Waals surface area contributed by atoms with E-state index >= 15 is 0 Å². The van der Waals surface area contributed by atoms with Crippen molar-refractivity contribution in [3.63, 3.8) is 0 Å². The van der Waals surface area contributed by atoms with Gasteiger partial charge in [0.2, 0.25) is 0 Å². The number of aromatic nitrogens is 1. The van der Waals surface area contributed by atoms with Crippen LogP contribution in [-0.4, -0.2) is 17.4 Å². The summed E-state index contributed by atoms with van der Waals surface area (Å²) in [4.78, 5) is 16.2. The average Bonchev–Trinajstić information content (AvgIpc) is 2.93. The van der Waals surface area contributed by atoms with Gasteiger partial charge in [-0.15, -0.1) is 11.3 Å². The van der Waals surface area contributed by atoms with Crippen LogP contribution in [0.15, 0.2) is 29.8 Å². The summed E-state index contributed by atoms with van der Waals surface area (Å²) in [6.07, 6.45) is 2.66. The number of hydrogen-bond acceptors (Lipinski definition) is 3. The van der Waals surface area contributed by atoms with Crippen molar-refractivity contribution < 1.29 is 4.79 Å². The van der Waals surface area contributed by atoms with Gasteiger partial charge in [0.25, 0.3) is 5.91 Å². The lowest BCUT2D eigenvalue weighted by atomic mass is 10.0. The van der Waals surface area contributed by atoms with Crippen LogP contribution in [0.2, 0.25) is 0 Å². The topological polar surface area (TPSA) is 68.7 Å². The second kappa shape index (κ2) is 4.80. The Labute approximate surface area is 121 Å². The average molecular weight is 285 g/mol. The van der Waals surface area contributed by atoms with Crippen LogP contribution in [0.1, 0.15) is 34.3 Å². The molecular weight excluding hydrogens is 270 g/mol. The maximum absolute atomic E-state index is 12.0. The number of carbonyl (C=O) groups excluding carboxylic acids is 1. The molecule has 2 heterocycles. The van der Waals surface area contributed by atoms with Crippen LogP contribution in [-0.2, 0) is 5.41 Å². The van der Waals surface area contributed by atoms with Gasteiger partial charge >= 0.3 is 0 Å². The highest BCUT2D eigenvalue weighted by atomic mass is 32.1. The molecule has 2 aromatic heterocycles. The number of hydrogen-bond donors (Lipinski definition) is 2. The Bertz CT molecular complexity index is 668. The largest absolute Gasteiger partial charge is 0.356 e. The fraction of sp³-hybridized carbons (Fsp3) is 0.333. The van der Waals surface area contributed by atoms with Gasteiger partial charge < -0.3 is 10.3 Å². The third-order valence-corrected chi connectivity index (χ3v) is 5.21. The van der Waals surface area contributed by atoms with E-state index in [1.165, 1.54) is 4.88 Å². The molecule has 0 aromatic carbocycles. The first kappa shape index (κ1) is 12.9. The van der Waals surface area contributed by atoms with E-state index in [0.717, 1.165) is 6.42 Å². The molecular formula is C15H15N3OS. The number of amides is 1. The van der Waals surface area contributed by atoms with Gasteiger partial charge in [-0.2, -0.15) is 5.26 Å². The lowest BCUT2D eigenvalue weighted by Gasteiger charge is -2.09. The van der Waals surface area contributed by atoms with Crippen molar-refractivity contribution in [3.05, 3.63) is 45.9 Å². The van der Waals surface area contributed by atoms with Crippen molar-refractivity contribution in [1.29, 1.82) is 5.26 Å². The lowest BCUT2D eigenvalue weighted by Crippen LogP contribution is -2.27. The maximum atomic E-state index is 12.0. The van der Waals surface area contributed by atoms with Crippen molar-refractivity contribution in [2.75, 3.05) is 6.54 Å².